The van der Waals surface area contributed by atoms with Crippen LogP contribution in [0.25, 0.3) is 0 Å². The molecule has 5 rings (SSSR count). The van der Waals surface area contributed by atoms with Gasteiger partial charge in [-0.1, -0.05) is 11.5 Å². The number of nitrogens with one attached hydrogen (secondary N) is 1. The Balaban J connectivity index is 1.37. The van der Waals surface area contributed by atoms with E-state index < -0.39 is 30.0 Å². The molecule has 35 heavy (non-hydrogen) atoms. The minimum Gasteiger partial charge on any atom is -0.368 e. The summed E-state index contributed by atoms with van der Waals surface area (Å²) in [5.74, 6) is -0.587. The summed E-state index contributed by atoms with van der Waals surface area (Å²) in [6, 6.07) is 3.83. The van der Waals surface area contributed by atoms with Gasteiger partial charge in [-0.25, -0.2) is 19.8 Å². The van der Waals surface area contributed by atoms with Gasteiger partial charge in [0.2, 0.25) is 5.95 Å². The van der Waals surface area contributed by atoms with Gasteiger partial charge in [-0.2, -0.15) is 0 Å². The van der Waals surface area contributed by atoms with E-state index in [0.717, 1.165) is 0 Å². The summed E-state index contributed by atoms with van der Waals surface area (Å²) in [6.07, 6.45) is -1.28. The zero-order valence-corrected chi connectivity index (χ0v) is 19.9. The highest BCUT2D eigenvalue weighted by molar-refractivity contribution is 6.33. The van der Waals surface area contributed by atoms with Crippen LogP contribution in [0.3, 0.4) is 0 Å². The zero-order valence-electron chi connectivity index (χ0n) is 19.9. The molecule has 184 valence electrons. The lowest BCUT2D eigenvalue weighted by atomic mass is 9.84. The first-order valence-electron chi connectivity index (χ1n) is 11.3. The van der Waals surface area contributed by atoms with E-state index in [1.165, 1.54) is 12.1 Å². The number of halogens is 1. The number of rotatable bonds is 5. The highest BCUT2D eigenvalue weighted by Crippen LogP contribution is 2.39. The lowest BCUT2D eigenvalue weighted by Crippen LogP contribution is -2.38. The number of aliphatic imine (C=N–C) groups is 1. The Morgan fingerprint density at radius 1 is 1.26 bits per heavy atom. The van der Waals surface area contributed by atoms with Crippen molar-refractivity contribution in [2.75, 3.05) is 19.5 Å². The van der Waals surface area contributed by atoms with Gasteiger partial charge < -0.3 is 24.7 Å². The smallest absolute Gasteiger partial charge is 0.220 e. The molecule has 12 heteroatoms. The molecule has 2 fully saturated rings. The summed E-state index contributed by atoms with van der Waals surface area (Å²) in [4.78, 5) is 19.3. The van der Waals surface area contributed by atoms with Crippen molar-refractivity contribution < 1.29 is 28.2 Å². The second-order valence-electron chi connectivity index (χ2n) is 9.22. The Bertz CT molecular complexity index is 1170. The number of anilines is 1. The summed E-state index contributed by atoms with van der Waals surface area (Å²) in [6.45, 7) is 5.64. The molecule has 2 aromatic rings. The molecule has 1 aromatic carbocycles. The standard InChI is InChI=1S/C23H27BFN5O5/c1-10-17-15(29-22(26)27-10)8-14(12-6-5-11(25)7-13(12)24)28-20(17)30-32-9-16-18-19(21(31-4)33-16)35-23(2,3)34-18/h5-7,14,16,18-19,21H,8-9H2,1-4H3,(H,28,30)(H2,26,27,29)/t14-,16-,18-,19-,21+/m1/s1. The highest BCUT2D eigenvalue weighted by atomic mass is 19.1. The van der Waals surface area contributed by atoms with Crippen molar-refractivity contribution in [1.29, 1.82) is 0 Å². The van der Waals surface area contributed by atoms with Crippen LogP contribution in [0, 0.1) is 12.7 Å². The average Bonchev–Trinajstić information content (AvgIpc) is 3.25. The summed E-state index contributed by atoms with van der Waals surface area (Å²) in [5, 5.41) is 0. The fourth-order valence-electron chi connectivity index (χ4n) is 4.82. The maximum absolute atomic E-state index is 13.6. The fraction of sp³-hybridized carbons (Fsp3) is 0.522. The monoisotopic (exact) mass is 483 g/mol. The molecule has 3 N–H and O–H groups in total. The van der Waals surface area contributed by atoms with Gasteiger partial charge >= 0.3 is 0 Å². The lowest BCUT2D eigenvalue weighted by Gasteiger charge is -2.26. The number of benzene rings is 1. The first kappa shape index (κ1) is 24.1. The topological polar surface area (TPSA) is 122 Å². The quantitative estimate of drug-likeness (QED) is 0.469. The molecule has 10 nitrogen and oxygen atoms in total. The Hall–Kier alpha value is -2.64. The van der Waals surface area contributed by atoms with Crippen LogP contribution in [0.2, 0.25) is 0 Å². The molecular formula is C23H27BFN5O5. The van der Waals surface area contributed by atoms with Crippen molar-refractivity contribution in [2.24, 2.45) is 4.99 Å². The second kappa shape index (κ2) is 9.10. The minimum absolute atomic E-state index is 0.132. The third-order valence-electron chi connectivity index (χ3n) is 6.25. The van der Waals surface area contributed by atoms with Crippen LogP contribution < -0.4 is 16.7 Å². The number of aryl methyl sites for hydroxylation is 1. The largest absolute Gasteiger partial charge is 0.368 e. The van der Waals surface area contributed by atoms with Gasteiger partial charge in [0.25, 0.3) is 0 Å². The number of nitrogens with zero attached hydrogens (tertiary/aromatic N) is 3. The molecule has 0 amide bonds. The summed E-state index contributed by atoms with van der Waals surface area (Å²) in [5.41, 5.74) is 11.8. The van der Waals surface area contributed by atoms with Gasteiger partial charge in [0.05, 0.1) is 23.0 Å². The molecule has 0 aliphatic carbocycles. The fourth-order valence-corrected chi connectivity index (χ4v) is 4.82. The van der Waals surface area contributed by atoms with Crippen molar-refractivity contribution >= 4 is 25.1 Å². The number of fused-ring (bicyclic) bond motifs is 2. The number of nitrogens with two attached hydrogens (primary N) is 1. The maximum Gasteiger partial charge on any atom is 0.220 e. The lowest BCUT2D eigenvalue weighted by molar-refractivity contribution is -0.232. The number of ether oxygens (including phenoxy) is 4. The van der Waals surface area contributed by atoms with E-state index in [4.69, 9.17) is 42.4 Å². The molecule has 3 aliphatic heterocycles. The van der Waals surface area contributed by atoms with Crippen molar-refractivity contribution in [1.82, 2.24) is 15.4 Å². The predicted octanol–water partition coefficient (Wildman–Crippen LogP) is 0.757. The molecule has 5 atom stereocenters. The van der Waals surface area contributed by atoms with E-state index in [9.17, 15) is 4.39 Å². The van der Waals surface area contributed by atoms with Crippen molar-refractivity contribution in [3.05, 3.63) is 46.5 Å². The number of methoxy groups -OCH3 is 1. The molecule has 0 unspecified atom stereocenters. The summed E-state index contributed by atoms with van der Waals surface area (Å²) >= 11 is 0. The van der Waals surface area contributed by atoms with E-state index in [0.29, 0.717) is 40.2 Å². The van der Waals surface area contributed by atoms with Crippen molar-refractivity contribution in [3.8, 4) is 0 Å². The highest BCUT2D eigenvalue weighted by Gasteiger charge is 2.55. The molecule has 0 saturated carbocycles. The van der Waals surface area contributed by atoms with Crippen LogP contribution >= 0.6 is 0 Å². The number of hydrogen-bond acceptors (Lipinski definition) is 10. The predicted molar refractivity (Wildman–Crippen MR) is 125 cm³/mol. The van der Waals surface area contributed by atoms with Gasteiger partial charge in [-0.05, 0) is 38.5 Å². The van der Waals surface area contributed by atoms with Gasteiger partial charge in [-0.3, -0.25) is 9.83 Å². The molecule has 0 spiro atoms. The Morgan fingerprint density at radius 2 is 2.03 bits per heavy atom. The first-order chi connectivity index (χ1) is 16.6. The Labute approximate surface area is 203 Å². The number of hydrogen-bond donors (Lipinski definition) is 2. The third kappa shape index (κ3) is 4.64. The SMILES string of the molecule is [B]c1cc(F)ccc1[C@H]1Cc2nc(N)nc(C)c2C(NOC[C@H]2O[C@H](OC)[C@@H]3OC(C)(C)O[C@@H]32)=N1. The van der Waals surface area contributed by atoms with Crippen molar-refractivity contribution in [2.45, 2.75) is 63.6 Å². The summed E-state index contributed by atoms with van der Waals surface area (Å²) < 4.78 is 36.9. The van der Waals surface area contributed by atoms with E-state index in [2.05, 4.69) is 15.4 Å². The van der Waals surface area contributed by atoms with Crippen LogP contribution in [0.5, 0.6) is 0 Å². The van der Waals surface area contributed by atoms with Gasteiger partial charge in [-0.15, -0.1) is 0 Å². The van der Waals surface area contributed by atoms with Gasteiger partial charge in [0, 0.05) is 13.5 Å². The maximum atomic E-state index is 13.6. The molecule has 2 saturated heterocycles. The van der Waals surface area contributed by atoms with E-state index >= 15 is 0 Å². The van der Waals surface area contributed by atoms with Crippen LogP contribution in [-0.4, -0.2) is 67.8 Å². The summed E-state index contributed by atoms with van der Waals surface area (Å²) in [7, 11) is 7.64. The molecule has 3 aliphatic rings. The minimum atomic E-state index is -0.745. The van der Waals surface area contributed by atoms with E-state index in [1.54, 1.807) is 13.2 Å². The van der Waals surface area contributed by atoms with Crippen LogP contribution in [0.1, 0.15) is 42.4 Å². The van der Waals surface area contributed by atoms with Gasteiger partial charge in [0.1, 0.15) is 38.6 Å². The molecular weight excluding hydrogens is 456 g/mol. The van der Waals surface area contributed by atoms with Crippen LogP contribution in [0.4, 0.5) is 10.3 Å². The first-order valence-corrected chi connectivity index (χ1v) is 11.3. The molecule has 0 bridgehead atoms. The zero-order chi connectivity index (χ0) is 24.9. The Kier molecular flexibility index (Phi) is 6.26. The van der Waals surface area contributed by atoms with Crippen LogP contribution in [0.15, 0.2) is 23.2 Å². The van der Waals surface area contributed by atoms with Gasteiger partial charge in [0.15, 0.2) is 17.9 Å². The number of nitrogen functional groups attached to an aromatic ring is 1. The van der Waals surface area contributed by atoms with Crippen LogP contribution in [-0.2, 0) is 30.2 Å². The molecule has 2 radical (unpaired) electrons. The average molecular weight is 483 g/mol. The Morgan fingerprint density at radius 3 is 2.77 bits per heavy atom. The molecule has 4 heterocycles. The van der Waals surface area contributed by atoms with E-state index in [-0.39, 0.29) is 24.8 Å². The number of amidine groups is 1. The second-order valence-corrected chi connectivity index (χ2v) is 9.22. The van der Waals surface area contributed by atoms with E-state index in [1.807, 2.05) is 20.8 Å². The normalized spacial score (nSPS) is 28.9. The number of aromatic nitrogens is 2. The third-order valence-corrected chi connectivity index (χ3v) is 6.25. The number of hydroxylamine groups is 1. The van der Waals surface area contributed by atoms with Crippen molar-refractivity contribution in [3.63, 3.8) is 0 Å². The molecule has 1 aromatic heterocycles.